The van der Waals surface area contributed by atoms with Crippen LogP contribution in [-0.2, 0) is 65.4 Å². The molecule has 0 aliphatic rings. The Kier molecular flexibility index (Phi) is 70.8. The normalized spacial score (nSPS) is 14.3. The van der Waals surface area contributed by atoms with E-state index in [4.69, 9.17) is 37.0 Å². The predicted octanol–water partition coefficient (Wildman–Crippen LogP) is 23.0. The minimum Gasteiger partial charge on any atom is -0.462 e. The highest BCUT2D eigenvalue weighted by Crippen LogP contribution is 2.45. The minimum absolute atomic E-state index is 0.0835. The Hall–Kier alpha value is -3.76. The van der Waals surface area contributed by atoms with Gasteiger partial charge in [-0.05, 0) is 141 Å². The zero-order valence-electron chi connectivity index (χ0n) is 63.4. The highest BCUT2D eigenvalue weighted by atomic mass is 31.2. The summed E-state index contributed by atoms with van der Waals surface area (Å²) in [5.41, 5.74) is 0. The van der Waals surface area contributed by atoms with Crippen molar-refractivity contribution in [1.29, 1.82) is 0 Å². The van der Waals surface area contributed by atoms with Gasteiger partial charge in [0.15, 0.2) is 12.2 Å². The van der Waals surface area contributed by atoms with Crippen LogP contribution in [0.1, 0.15) is 349 Å². The summed E-state index contributed by atoms with van der Waals surface area (Å²) in [5.74, 6) is -2.20. The quantitative estimate of drug-likeness (QED) is 0.0169. The fourth-order valence-electron chi connectivity index (χ4n) is 10.7. The average molecular weight is 1450 g/mol. The predicted molar refractivity (Wildman–Crippen MR) is 409 cm³/mol. The number of phosphoric ester groups is 2. The van der Waals surface area contributed by atoms with E-state index in [0.717, 1.165) is 186 Å². The van der Waals surface area contributed by atoms with Gasteiger partial charge in [-0.3, -0.25) is 37.3 Å². The number of allylic oxidation sites excluding steroid dienone is 14. The Labute approximate surface area is 608 Å². The molecule has 19 heteroatoms. The molecule has 0 aliphatic carbocycles. The maximum absolute atomic E-state index is 13.1. The summed E-state index contributed by atoms with van der Waals surface area (Å²) in [4.78, 5) is 73.0. The Bertz CT molecular complexity index is 2230. The van der Waals surface area contributed by atoms with Gasteiger partial charge in [0.25, 0.3) is 0 Å². The lowest BCUT2D eigenvalue weighted by atomic mass is 10.1. The highest BCUT2D eigenvalue weighted by molar-refractivity contribution is 7.47. The molecular formula is C81H144O17P2. The van der Waals surface area contributed by atoms with Crippen LogP contribution in [0, 0.1) is 0 Å². The molecule has 17 nitrogen and oxygen atoms in total. The molecule has 0 aliphatic heterocycles. The van der Waals surface area contributed by atoms with Crippen molar-refractivity contribution >= 4 is 39.5 Å². The first-order chi connectivity index (χ1) is 48.7. The molecule has 0 spiro atoms. The second-order valence-corrected chi connectivity index (χ2v) is 29.5. The molecule has 0 bridgehead atoms. The highest BCUT2D eigenvalue weighted by Gasteiger charge is 2.30. The number of carbonyl (C=O) groups excluding carboxylic acids is 4. The number of hydrogen-bond acceptors (Lipinski definition) is 15. The number of ether oxygens (including phenoxy) is 4. The number of hydrogen-bond donors (Lipinski definition) is 3. The molecule has 580 valence electrons. The van der Waals surface area contributed by atoms with E-state index in [1.54, 1.807) is 0 Å². The van der Waals surface area contributed by atoms with Gasteiger partial charge in [-0.1, -0.05) is 267 Å². The summed E-state index contributed by atoms with van der Waals surface area (Å²) < 4.78 is 68.6. The summed E-state index contributed by atoms with van der Waals surface area (Å²) in [6.45, 7) is 4.72. The molecule has 0 aromatic heterocycles. The number of carbonyl (C=O) groups is 4. The Morgan fingerprint density at radius 1 is 0.290 bits per heavy atom. The van der Waals surface area contributed by atoms with E-state index in [0.29, 0.717) is 25.7 Å². The molecule has 0 aromatic carbocycles. The first-order valence-electron chi connectivity index (χ1n) is 39.8. The van der Waals surface area contributed by atoms with Gasteiger partial charge in [0.05, 0.1) is 26.4 Å². The van der Waals surface area contributed by atoms with E-state index in [-0.39, 0.29) is 25.7 Å². The van der Waals surface area contributed by atoms with Gasteiger partial charge in [-0.15, -0.1) is 0 Å². The molecular weight excluding hydrogens is 1310 g/mol. The third-order valence-electron chi connectivity index (χ3n) is 16.8. The third-order valence-corrected chi connectivity index (χ3v) is 18.7. The van der Waals surface area contributed by atoms with Crippen LogP contribution in [0.5, 0.6) is 0 Å². The van der Waals surface area contributed by atoms with Crippen molar-refractivity contribution < 1.29 is 80.2 Å². The monoisotopic (exact) mass is 1450 g/mol. The van der Waals surface area contributed by atoms with Crippen molar-refractivity contribution in [3.8, 4) is 0 Å². The number of aliphatic hydroxyl groups is 1. The van der Waals surface area contributed by atoms with Crippen molar-refractivity contribution in [3.05, 3.63) is 85.1 Å². The zero-order chi connectivity index (χ0) is 73.2. The van der Waals surface area contributed by atoms with E-state index < -0.39 is 97.5 Å². The number of phosphoric acid groups is 2. The molecule has 0 heterocycles. The van der Waals surface area contributed by atoms with E-state index in [1.165, 1.54) is 83.5 Å². The van der Waals surface area contributed by atoms with E-state index >= 15 is 0 Å². The van der Waals surface area contributed by atoms with Gasteiger partial charge in [0.1, 0.15) is 19.3 Å². The van der Waals surface area contributed by atoms with E-state index in [9.17, 15) is 43.2 Å². The standard InChI is InChI=1S/C81H144O17P2/c1-5-9-13-17-21-25-29-33-36-37-40-43-46-50-54-58-62-66-79(84)92-72-77(98-81(86)68-64-60-56-52-48-44-39-35-31-27-23-19-15-11-7-3)74-96-100(89,90)94-70-75(82)69-93-99(87,88)95-73-76(97-80(85)67-63-59-55-51-47-41-32-28-24-20-16-12-8-4)71-91-78(83)65-61-57-53-49-45-42-38-34-30-26-22-18-14-10-6-2/h9,13,21-22,25-26,28,32-36,38-39,75-77,82H,5-8,10-12,14-20,23-24,27,29-31,37,40-74H2,1-4H3,(H,87,88)(H,89,90)/b13-9-,25-21-,26-22-,32-28-,36-33-,38-34-,39-35-. The Morgan fingerprint density at radius 2 is 0.520 bits per heavy atom. The smallest absolute Gasteiger partial charge is 0.462 e. The SMILES string of the molecule is CC/C=C\C/C=C\C/C=C\CCCCCCCCCC(=O)OCC(COP(=O)(O)OCC(O)COP(=O)(O)OCC(COC(=O)CCCCCCC/C=C\C/C=C\CCCCC)OC(=O)CCCCCCC/C=C\CCCCCC)OC(=O)CCCCCCC/C=C\CCCCCCCC. The molecule has 100 heavy (non-hydrogen) atoms. The van der Waals surface area contributed by atoms with E-state index in [2.05, 4.69) is 113 Å². The average Bonchev–Trinajstić information content (AvgIpc) is 1.06. The minimum atomic E-state index is -4.98. The molecule has 5 atom stereocenters. The Morgan fingerprint density at radius 3 is 0.840 bits per heavy atom. The van der Waals surface area contributed by atoms with Crippen LogP contribution in [0.4, 0.5) is 0 Å². The summed E-state index contributed by atoms with van der Waals surface area (Å²) in [5, 5.41) is 10.6. The van der Waals surface area contributed by atoms with Crippen LogP contribution >= 0.6 is 15.6 Å². The molecule has 0 saturated heterocycles. The molecule has 3 N–H and O–H groups in total. The van der Waals surface area contributed by atoms with Crippen LogP contribution < -0.4 is 0 Å². The first-order valence-corrected chi connectivity index (χ1v) is 42.8. The molecule has 5 unspecified atom stereocenters. The summed E-state index contributed by atoms with van der Waals surface area (Å²) in [6.07, 6.45) is 75.6. The lowest BCUT2D eigenvalue weighted by Gasteiger charge is -2.21. The topological polar surface area (TPSA) is 237 Å². The Balaban J connectivity index is 5.35. The lowest BCUT2D eigenvalue weighted by Crippen LogP contribution is -2.30. The maximum atomic E-state index is 13.1. The second kappa shape index (κ2) is 73.5. The number of aliphatic hydroxyl groups excluding tert-OH is 1. The number of esters is 4. The summed E-state index contributed by atoms with van der Waals surface area (Å²) in [6, 6.07) is 0. The summed E-state index contributed by atoms with van der Waals surface area (Å²) in [7, 11) is -9.96. The zero-order valence-corrected chi connectivity index (χ0v) is 65.2. The van der Waals surface area contributed by atoms with Gasteiger partial charge in [-0.2, -0.15) is 0 Å². The van der Waals surface area contributed by atoms with Gasteiger partial charge in [0, 0.05) is 25.7 Å². The lowest BCUT2D eigenvalue weighted by molar-refractivity contribution is -0.161. The van der Waals surface area contributed by atoms with Crippen molar-refractivity contribution in [2.24, 2.45) is 0 Å². The molecule has 0 saturated carbocycles. The molecule has 0 aromatic rings. The molecule has 0 radical (unpaired) electrons. The van der Waals surface area contributed by atoms with Gasteiger partial charge < -0.3 is 33.8 Å². The maximum Gasteiger partial charge on any atom is 0.472 e. The molecule has 0 fully saturated rings. The largest absolute Gasteiger partial charge is 0.472 e. The fourth-order valence-corrected chi connectivity index (χ4v) is 12.3. The number of unbranched alkanes of at least 4 members (excludes halogenated alkanes) is 35. The van der Waals surface area contributed by atoms with Crippen molar-refractivity contribution in [2.75, 3.05) is 39.6 Å². The second-order valence-electron chi connectivity index (χ2n) is 26.6. The van der Waals surface area contributed by atoms with Crippen molar-refractivity contribution in [2.45, 2.75) is 367 Å². The van der Waals surface area contributed by atoms with Crippen molar-refractivity contribution in [1.82, 2.24) is 0 Å². The van der Waals surface area contributed by atoms with Gasteiger partial charge in [0.2, 0.25) is 0 Å². The van der Waals surface area contributed by atoms with E-state index in [1.807, 2.05) is 0 Å². The van der Waals surface area contributed by atoms with Crippen LogP contribution in [0.2, 0.25) is 0 Å². The van der Waals surface area contributed by atoms with Crippen LogP contribution in [0.15, 0.2) is 85.1 Å². The van der Waals surface area contributed by atoms with Gasteiger partial charge in [-0.25, -0.2) is 9.13 Å². The van der Waals surface area contributed by atoms with Crippen LogP contribution in [0.3, 0.4) is 0 Å². The van der Waals surface area contributed by atoms with Gasteiger partial charge >= 0.3 is 39.5 Å². The molecule has 0 rings (SSSR count). The first kappa shape index (κ1) is 96.2. The summed E-state index contributed by atoms with van der Waals surface area (Å²) >= 11 is 0. The van der Waals surface area contributed by atoms with Crippen molar-refractivity contribution in [3.63, 3.8) is 0 Å². The van der Waals surface area contributed by atoms with Crippen LogP contribution in [0.25, 0.3) is 0 Å². The molecule has 0 amide bonds. The third kappa shape index (κ3) is 72.6. The fraction of sp³-hybridized carbons (Fsp3) is 0.778. The van der Waals surface area contributed by atoms with Crippen LogP contribution in [-0.4, -0.2) is 96.7 Å². The number of rotatable bonds is 75.